The quantitative estimate of drug-likeness (QED) is 0.314. The van der Waals surface area contributed by atoms with Crippen LogP contribution in [-0.4, -0.2) is 34.8 Å². The van der Waals surface area contributed by atoms with Gasteiger partial charge in [-0.1, -0.05) is 35.9 Å². The van der Waals surface area contributed by atoms with Gasteiger partial charge >= 0.3 is 0 Å². The van der Waals surface area contributed by atoms with Crippen molar-refractivity contribution >= 4 is 49.9 Å². The summed E-state index contributed by atoms with van der Waals surface area (Å²) in [7, 11) is -3.53. The molecule has 1 aromatic carbocycles. The van der Waals surface area contributed by atoms with Crippen LogP contribution in [0.15, 0.2) is 34.2 Å². The topological polar surface area (TPSA) is 118 Å². The molecule has 2 aromatic heterocycles. The molecule has 1 amide bonds. The first-order valence-electron chi connectivity index (χ1n) is 9.52. The summed E-state index contributed by atoms with van der Waals surface area (Å²) >= 11 is 7.01. The molecule has 0 radical (unpaired) electrons. The molecule has 0 aliphatic heterocycles. The minimum atomic E-state index is -3.53. The first-order chi connectivity index (χ1) is 15.1. The lowest BCUT2D eigenvalue weighted by Gasteiger charge is -2.11. The molecule has 0 saturated carbocycles. The Morgan fingerprint density at radius 1 is 1.28 bits per heavy atom. The van der Waals surface area contributed by atoms with Crippen LogP contribution in [0.5, 0.6) is 0 Å². The van der Waals surface area contributed by atoms with Crippen LogP contribution in [0.4, 0.5) is 5.13 Å². The number of nitrogens with zero attached hydrogens (tertiary/aromatic N) is 4. The summed E-state index contributed by atoms with van der Waals surface area (Å²) < 4.78 is 25.6. The van der Waals surface area contributed by atoms with Gasteiger partial charge in [0, 0.05) is 22.1 Å². The van der Waals surface area contributed by atoms with Crippen LogP contribution >= 0.6 is 22.9 Å². The predicted octanol–water partition coefficient (Wildman–Crippen LogP) is 4.25. The summed E-state index contributed by atoms with van der Waals surface area (Å²) in [6, 6.07) is 9.49. The smallest absolute Gasteiger partial charge is 0.268 e. The predicted molar refractivity (Wildman–Crippen MR) is 125 cm³/mol. The number of carbonyl (C=O) groups is 1. The Kier molecular flexibility index (Phi) is 6.83. The second-order valence-electron chi connectivity index (χ2n) is 7.00. The molecule has 0 atom stereocenters. The van der Waals surface area contributed by atoms with Crippen LogP contribution < -0.4 is 5.32 Å². The maximum Gasteiger partial charge on any atom is 0.268 e. The van der Waals surface area contributed by atoms with Crippen LogP contribution in [0.2, 0.25) is 5.02 Å². The lowest BCUT2D eigenvalue weighted by atomic mass is 10.1. The molecule has 11 heteroatoms. The number of aryl methyl sites for hydroxylation is 2. The molecule has 0 aliphatic rings. The van der Waals surface area contributed by atoms with Gasteiger partial charge in [0.2, 0.25) is 19.3 Å². The number of anilines is 1. The highest BCUT2D eigenvalue weighted by molar-refractivity contribution is 7.93. The molecule has 32 heavy (non-hydrogen) atoms. The average molecular weight is 490 g/mol. The van der Waals surface area contributed by atoms with Gasteiger partial charge in [-0.25, -0.2) is 8.42 Å². The van der Waals surface area contributed by atoms with E-state index in [-0.39, 0.29) is 20.8 Å². The van der Waals surface area contributed by atoms with Gasteiger partial charge in [-0.05, 0) is 56.2 Å². The second-order valence-corrected chi connectivity index (χ2v) is 10.8. The lowest BCUT2D eigenvalue weighted by Crippen LogP contribution is -2.13. The molecule has 0 fully saturated rings. The van der Waals surface area contributed by atoms with E-state index >= 15 is 0 Å². The molecule has 3 aromatic rings. The number of nitrogens with one attached hydrogen (secondary N) is 1. The second kappa shape index (κ2) is 9.24. The molecule has 166 valence electrons. The number of hydrogen-bond donors (Lipinski definition) is 1. The molecular weight excluding hydrogens is 470 g/mol. The summed E-state index contributed by atoms with van der Waals surface area (Å²) in [5, 5.41) is 19.9. The van der Waals surface area contributed by atoms with Crippen molar-refractivity contribution in [2.75, 3.05) is 11.1 Å². The standard InChI is InChI=1S/C21H20ClN5O3S2/c1-5-32(29,30)21-26-25-20(31-21)24-19(28)16(11-23)9-15-8-13(3)27(14(15)4)17-7-6-12(2)18(22)10-17/h6-10H,5H2,1-4H3,(H,24,25,28)/b16-9-. The van der Waals surface area contributed by atoms with Gasteiger partial charge in [0.15, 0.2) is 0 Å². The third-order valence-electron chi connectivity index (χ3n) is 4.82. The van der Waals surface area contributed by atoms with E-state index in [0.29, 0.717) is 10.6 Å². The molecule has 0 saturated heterocycles. The van der Waals surface area contributed by atoms with Crippen LogP contribution in [0.1, 0.15) is 29.4 Å². The Morgan fingerprint density at radius 2 is 2.00 bits per heavy atom. The fourth-order valence-electron chi connectivity index (χ4n) is 3.03. The number of sulfone groups is 1. The first kappa shape index (κ1) is 23.7. The summed E-state index contributed by atoms with van der Waals surface area (Å²) in [6.07, 6.45) is 1.48. The molecule has 8 nitrogen and oxygen atoms in total. The number of amides is 1. The minimum absolute atomic E-state index is 0.00273. The average Bonchev–Trinajstić information content (AvgIpc) is 3.33. The van der Waals surface area contributed by atoms with Crippen molar-refractivity contribution in [1.82, 2.24) is 14.8 Å². The molecule has 0 bridgehead atoms. The van der Waals surface area contributed by atoms with Gasteiger partial charge in [0.25, 0.3) is 5.91 Å². The normalized spacial score (nSPS) is 11.9. The van der Waals surface area contributed by atoms with Crippen molar-refractivity contribution < 1.29 is 13.2 Å². The summed E-state index contributed by atoms with van der Waals surface area (Å²) in [5.41, 5.74) is 4.12. The van der Waals surface area contributed by atoms with Crippen molar-refractivity contribution in [2.45, 2.75) is 32.0 Å². The summed E-state index contributed by atoms with van der Waals surface area (Å²) in [6.45, 7) is 7.21. The van der Waals surface area contributed by atoms with Crippen molar-refractivity contribution in [1.29, 1.82) is 5.26 Å². The molecule has 0 unspecified atom stereocenters. The highest BCUT2D eigenvalue weighted by atomic mass is 35.5. The summed E-state index contributed by atoms with van der Waals surface area (Å²) in [4.78, 5) is 12.6. The van der Waals surface area contributed by atoms with E-state index < -0.39 is 15.7 Å². The Hall–Kier alpha value is -3.00. The fourth-order valence-corrected chi connectivity index (χ4v) is 5.19. The molecule has 1 N–H and O–H groups in total. The number of rotatable bonds is 6. The van der Waals surface area contributed by atoms with Gasteiger partial charge in [-0.3, -0.25) is 10.1 Å². The van der Waals surface area contributed by atoms with E-state index in [1.54, 1.807) is 0 Å². The van der Waals surface area contributed by atoms with Crippen molar-refractivity contribution in [2.24, 2.45) is 0 Å². The lowest BCUT2D eigenvalue weighted by molar-refractivity contribution is -0.112. The van der Waals surface area contributed by atoms with Gasteiger partial charge in [-0.2, -0.15) is 5.26 Å². The third-order valence-corrected chi connectivity index (χ3v) is 8.25. The van der Waals surface area contributed by atoms with E-state index in [9.17, 15) is 18.5 Å². The first-order valence-corrected chi connectivity index (χ1v) is 12.4. The van der Waals surface area contributed by atoms with Gasteiger partial charge in [0.05, 0.1) is 5.75 Å². The number of hydrogen-bond acceptors (Lipinski definition) is 7. The summed E-state index contributed by atoms with van der Waals surface area (Å²) in [5.74, 6) is -0.826. The van der Waals surface area contributed by atoms with E-state index in [0.717, 1.165) is 34.0 Å². The zero-order chi connectivity index (χ0) is 23.6. The Bertz CT molecular complexity index is 1380. The maximum atomic E-state index is 12.6. The van der Waals surface area contributed by atoms with E-state index in [4.69, 9.17) is 11.6 Å². The highest BCUT2D eigenvalue weighted by Gasteiger charge is 2.20. The van der Waals surface area contributed by atoms with Crippen LogP contribution in [0.25, 0.3) is 11.8 Å². The molecule has 3 rings (SSSR count). The molecule has 0 spiro atoms. The zero-order valence-corrected chi connectivity index (χ0v) is 20.2. The van der Waals surface area contributed by atoms with Crippen molar-refractivity contribution in [3.63, 3.8) is 0 Å². The van der Waals surface area contributed by atoms with Gasteiger partial charge in [-0.15, -0.1) is 10.2 Å². The number of benzene rings is 1. The zero-order valence-electron chi connectivity index (χ0n) is 17.8. The van der Waals surface area contributed by atoms with Crippen LogP contribution in [0.3, 0.4) is 0 Å². The van der Waals surface area contributed by atoms with E-state index in [1.807, 2.05) is 55.7 Å². The monoisotopic (exact) mass is 489 g/mol. The minimum Gasteiger partial charge on any atom is -0.318 e. The molecular formula is C21H20ClN5O3S2. The van der Waals surface area contributed by atoms with Gasteiger partial charge < -0.3 is 4.57 Å². The number of aromatic nitrogens is 3. The number of halogens is 1. The van der Waals surface area contributed by atoms with Gasteiger partial charge in [0.1, 0.15) is 11.6 Å². The fraction of sp³-hybridized carbons (Fsp3) is 0.238. The van der Waals surface area contributed by atoms with E-state index in [1.165, 1.54) is 13.0 Å². The third kappa shape index (κ3) is 4.75. The Balaban J connectivity index is 1.90. The van der Waals surface area contributed by atoms with E-state index in [2.05, 4.69) is 15.5 Å². The maximum absolute atomic E-state index is 12.6. The Labute approximate surface area is 195 Å². The Morgan fingerprint density at radius 3 is 2.62 bits per heavy atom. The SMILES string of the molecule is CCS(=O)(=O)c1nnc(NC(=O)/C(C#N)=C\c2cc(C)n(-c3ccc(C)c(Cl)c3)c2C)s1. The highest BCUT2D eigenvalue weighted by Crippen LogP contribution is 2.27. The molecule has 2 heterocycles. The van der Waals surface area contributed by atoms with Crippen molar-refractivity contribution in [3.05, 3.63) is 57.4 Å². The van der Waals surface area contributed by atoms with Crippen LogP contribution in [-0.2, 0) is 14.6 Å². The molecule has 0 aliphatic carbocycles. The number of nitriles is 1. The number of carbonyl (C=O) groups excluding carboxylic acids is 1. The van der Waals surface area contributed by atoms with Crippen molar-refractivity contribution in [3.8, 4) is 11.8 Å². The van der Waals surface area contributed by atoms with Crippen LogP contribution in [0, 0.1) is 32.1 Å². The largest absolute Gasteiger partial charge is 0.318 e.